The van der Waals surface area contributed by atoms with Gasteiger partial charge in [-0.2, -0.15) is 0 Å². The lowest BCUT2D eigenvalue weighted by Crippen LogP contribution is -2.55. The molecule has 2 atom stereocenters. The van der Waals surface area contributed by atoms with E-state index in [1.807, 2.05) is 44.2 Å². The molecular weight excluding hydrogens is 294 g/mol. The number of likely N-dealkylation sites (N-methyl/N-ethyl adjacent to an activating group) is 1. The summed E-state index contributed by atoms with van der Waals surface area (Å²) in [4.78, 5) is 37.1. The number of hydrogen-bond acceptors (Lipinski definition) is 3. The maximum Gasteiger partial charge on any atom is 0.243 e. The molecule has 0 heterocycles. The molecule has 0 radical (unpaired) electrons. The lowest BCUT2D eigenvalue weighted by atomic mass is 10.00. The first-order valence-electron chi connectivity index (χ1n) is 7.61. The molecule has 0 aliphatic rings. The fourth-order valence-electron chi connectivity index (χ4n) is 2.45. The van der Waals surface area contributed by atoms with E-state index in [2.05, 4.69) is 5.32 Å². The Morgan fingerprint density at radius 3 is 2.17 bits per heavy atom. The maximum absolute atomic E-state index is 12.5. The molecule has 6 nitrogen and oxygen atoms in total. The Bertz CT molecular complexity index is 557. The fraction of sp³-hybridized carbons (Fsp3) is 0.471. The van der Waals surface area contributed by atoms with Crippen LogP contribution in [0, 0.1) is 5.92 Å². The molecule has 0 aliphatic heterocycles. The number of rotatable bonds is 7. The molecule has 1 aromatic rings. The minimum atomic E-state index is -0.813. The molecular formula is C17H25N3O3. The molecule has 0 saturated carbocycles. The normalized spacial score (nSPS) is 13.3. The lowest BCUT2D eigenvalue weighted by molar-refractivity contribution is -0.140. The van der Waals surface area contributed by atoms with Gasteiger partial charge in [0.2, 0.25) is 17.7 Å². The van der Waals surface area contributed by atoms with Gasteiger partial charge in [-0.15, -0.1) is 0 Å². The first-order valence-corrected chi connectivity index (χ1v) is 7.61. The van der Waals surface area contributed by atoms with E-state index in [1.54, 1.807) is 7.05 Å². The van der Waals surface area contributed by atoms with Gasteiger partial charge in [-0.3, -0.25) is 14.4 Å². The zero-order valence-electron chi connectivity index (χ0n) is 14.1. The molecule has 0 saturated heterocycles. The van der Waals surface area contributed by atoms with Crippen LogP contribution in [0.1, 0.15) is 26.3 Å². The number of carbonyl (C=O) groups excluding carboxylic acids is 3. The molecule has 1 aromatic carbocycles. The first kappa shape index (κ1) is 18.7. The Morgan fingerprint density at radius 1 is 1.17 bits per heavy atom. The molecule has 6 heteroatoms. The van der Waals surface area contributed by atoms with Crippen molar-refractivity contribution in [1.82, 2.24) is 10.2 Å². The van der Waals surface area contributed by atoms with Gasteiger partial charge in [0.05, 0.1) is 0 Å². The van der Waals surface area contributed by atoms with Crippen molar-refractivity contribution >= 4 is 17.7 Å². The van der Waals surface area contributed by atoms with Crippen LogP contribution in [-0.2, 0) is 20.8 Å². The number of hydrogen-bond donors (Lipinski definition) is 2. The summed E-state index contributed by atoms with van der Waals surface area (Å²) in [5.74, 6) is -1.28. The third-order valence-electron chi connectivity index (χ3n) is 3.76. The number of amides is 3. The topological polar surface area (TPSA) is 92.5 Å². The van der Waals surface area contributed by atoms with Crippen LogP contribution in [0.15, 0.2) is 30.3 Å². The van der Waals surface area contributed by atoms with E-state index in [4.69, 9.17) is 5.73 Å². The van der Waals surface area contributed by atoms with Crippen LogP contribution in [0.25, 0.3) is 0 Å². The molecule has 1 rings (SSSR count). The summed E-state index contributed by atoms with van der Waals surface area (Å²) in [6.07, 6.45) is 0.316. The highest BCUT2D eigenvalue weighted by Gasteiger charge is 2.30. The zero-order valence-corrected chi connectivity index (χ0v) is 14.1. The highest BCUT2D eigenvalue weighted by molar-refractivity contribution is 5.91. The average molecular weight is 319 g/mol. The summed E-state index contributed by atoms with van der Waals surface area (Å²) in [7, 11) is 1.57. The van der Waals surface area contributed by atoms with E-state index in [-0.39, 0.29) is 17.7 Å². The van der Waals surface area contributed by atoms with Gasteiger partial charge in [0.15, 0.2) is 0 Å². The van der Waals surface area contributed by atoms with E-state index in [0.717, 1.165) is 5.56 Å². The summed E-state index contributed by atoms with van der Waals surface area (Å²) in [5.41, 5.74) is 6.31. The second-order valence-electron chi connectivity index (χ2n) is 5.97. The number of benzene rings is 1. The van der Waals surface area contributed by atoms with Crippen LogP contribution in [0.3, 0.4) is 0 Å². The fourth-order valence-corrected chi connectivity index (χ4v) is 2.45. The van der Waals surface area contributed by atoms with E-state index >= 15 is 0 Å². The molecule has 0 spiro atoms. The molecule has 23 heavy (non-hydrogen) atoms. The minimum absolute atomic E-state index is 0.0887. The highest BCUT2D eigenvalue weighted by atomic mass is 16.2. The van der Waals surface area contributed by atoms with Gasteiger partial charge in [-0.05, 0) is 11.5 Å². The molecule has 0 fully saturated rings. The molecule has 0 aromatic heterocycles. The number of nitrogens with two attached hydrogens (primary N) is 1. The summed E-state index contributed by atoms with van der Waals surface area (Å²) < 4.78 is 0. The largest absolute Gasteiger partial charge is 0.368 e. The second-order valence-corrected chi connectivity index (χ2v) is 5.97. The van der Waals surface area contributed by atoms with Gasteiger partial charge in [-0.25, -0.2) is 0 Å². The Hall–Kier alpha value is -2.37. The summed E-state index contributed by atoms with van der Waals surface area (Å²) in [5, 5.41) is 2.67. The number of carbonyl (C=O) groups is 3. The van der Waals surface area contributed by atoms with Crippen molar-refractivity contribution < 1.29 is 14.4 Å². The Morgan fingerprint density at radius 2 is 1.74 bits per heavy atom. The van der Waals surface area contributed by atoms with Crippen LogP contribution >= 0.6 is 0 Å². The van der Waals surface area contributed by atoms with Gasteiger partial charge in [0.25, 0.3) is 0 Å². The Labute approximate surface area is 137 Å². The molecule has 0 unspecified atom stereocenters. The monoisotopic (exact) mass is 319 g/mol. The number of primary amides is 1. The quantitative estimate of drug-likeness (QED) is 0.775. The van der Waals surface area contributed by atoms with Crippen molar-refractivity contribution in [2.75, 3.05) is 7.05 Å². The molecule has 0 bridgehead atoms. The molecule has 126 valence electrons. The maximum atomic E-state index is 12.5. The van der Waals surface area contributed by atoms with Crippen molar-refractivity contribution in [3.8, 4) is 0 Å². The average Bonchev–Trinajstić information content (AvgIpc) is 2.47. The predicted octanol–water partition coefficient (Wildman–Crippen LogP) is 0.702. The third kappa shape index (κ3) is 5.39. The van der Waals surface area contributed by atoms with Crippen molar-refractivity contribution in [1.29, 1.82) is 0 Å². The van der Waals surface area contributed by atoms with Crippen molar-refractivity contribution in [3.63, 3.8) is 0 Å². The number of nitrogens with zero attached hydrogens (tertiary/aromatic N) is 1. The SMILES string of the molecule is CC(=O)N(C)[C@H](C(=O)N[C@@H](Cc1ccccc1)C(N)=O)C(C)C. The van der Waals surface area contributed by atoms with Gasteiger partial charge in [-0.1, -0.05) is 44.2 Å². The van der Waals surface area contributed by atoms with E-state index < -0.39 is 18.0 Å². The standard InChI is InChI=1S/C17H25N3O3/c1-11(2)15(20(4)12(3)21)17(23)19-14(16(18)22)10-13-8-6-5-7-9-13/h5-9,11,14-15H,10H2,1-4H3,(H2,18,22)(H,19,23)/t14-,15-/m0/s1. The summed E-state index contributed by atoms with van der Waals surface area (Å²) in [6, 6.07) is 7.85. The minimum Gasteiger partial charge on any atom is -0.368 e. The zero-order chi connectivity index (χ0) is 17.6. The lowest BCUT2D eigenvalue weighted by Gasteiger charge is -2.30. The van der Waals surface area contributed by atoms with Gasteiger partial charge in [0, 0.05) is 20.4 Å². The van der Waals surface area contributed by atoms with Gasteiger partial charge in [0.1, 0.15) is 12.1 Å². The molecule has 3 N–H and O–H groups in total. The van der Waals surface area contributed by atoms with Crippen molar-refractivity contribution in [2.24, 2.45) is 11.7 Å². The van der Waals surface area contributed by atoms with Crippen LogP contribution < -0.4 is 11.1 Å². The molecule has 0 aliphatic carbocycles. The Balaban J connectivity index is 2.87. The summed E-state index contributed by atoms with van der Waals surface area (Å²) in [6.45, 7) is 5.10. The predicted molar refractivity (Wildman–Crippen MR) is 88.3 cm³/mol. The van der Waals surface area contributed by atoms with Crippen molar-refractivity contribution in [3.05, 3.63) is 35.9 Å². The smallest absolute Gasteiger partial charge is 0.243 e. The van der Waals surface area contributed by atoms with Crippen molar-refractivity contribution in [2.45, 2.75) is 39.3 Å². The summed E-state index contributed by atoms with van der Waals surface area (Å²) >= 11 is 0. The van der Waals surface area contributed by atoms with E-state index in [9.17, 15) is 14.4 Å². The highest BCUT2D eigenvalue weighted by Crippen LogP contribution is 2.11. The van der Waals surface area contributed by atoms with Crippen LogP contribution in [0.4, 0.5) is 0 Å². The Kier molecular flexibility index (Phi) is 6.75. The van der Waals surface area contributed by atoms with Gasteiger partial charge < -0.3 is 16.0 Å². The van der Waals surface area contributed by atoms with Gasteiger partial charge >= 0.3 is 0 Å². The van der Waals surface area contributed by atoms with Crippen LogP contribution in [0.2, 0.25) is 0 Å². The third-order valence-corrected chi connectivity index (χ3v) is 3.76. The number of nitrogens with one attached hydrogen (secondary N) is 1. The van der Waals surface area contributed by atoms with E-state index in [0.29, 0.717) is 6.42 Å². The van der Waals surface area contributed by atoms with Crippen LogP contribution in [-0.4, -0.2) is 41.8 Å². The second kappa shape index (κ2) is 8.31. The van der Waals surface area contributed by atoms with E-state index in [1.165, 1.54) is 11.8 Å². The van der Waals surface area contributed by atoms with Crippen LogP contribution in [0.5, 0.6) is 0 Å². The first-order chi connectivity index (χ1) is 10.7. The molecule has 3 amide bonds.